The van der Waals surface area contributed by atoms with Gasteiger partial charge in [0, 0.05) is 6.42 Å². The van der Waals surface area contributed by atoms with Crippen molar-refractivity contribution in [1.82, 2.24) is 0 Å². The van der Waals surface area contributed by atoms with E-state index in [2.05, 4.69) is 13.2 Å². The van der Waals surface area contributed by atoms with Gasteiger partial charge in [-0.2, -0.15) is 0 Å². The molecule has 0 aromatic heterocycles. The molecule has 1 aliphatic heterocycles. The summed E-state index contributed by atoms with van der Waals surface area (Å²) in [5.41, 5.74) is -1.59. The van der Waals surface area contributed by atoms with Gasteiger partial charge in [0.05, 0.1) is 19.6 Å². The van der Waals surface area contributed by atoms with Crippen molar-refractivity contribution in [2.24, 2.45) is 0 Å². The number of ether oxygens (including phenoxy) is 3. The van der Waals surface area contributed by atoms with Crippen LogP contribution in [0.5, 0.6) is 0 Å². The second-order valence-electron chi connectivity index (χ2n) is 3.84. The first-order valence-corrected chi connectivity index (χ1v) is 5.82. The van der Waals surface area contributed by atoms with E-state index in [1.807, 2.05) is 0 Å². The first kappa shape index (κ1) is 14.6. The quantitative estimate of drug-likeness (QED) is 0.390. The summed E-state index contributed by atoms with van der Waals surface area (Å²) in [5, 5.41) is 0. The Kier molecular flexibility index (Phi) is 5.25. The van der Waals surface area contributed by atoms with E-state index < -0.39 is 17.9 Å². The lowest BCUT2D eigenvalue weighted by molar-refractivity contribution is -0.194. The molecule has 2 atom stereocenters. The first-order chi connectivity index (χ1) is 8.60. The maximum absolute atomic E-state index is 12.0. The fraction of sp³-hybridized carbons (Fsp3) is 0.538. The summed E-state index contributed by atoms with van der Waals surface area (Å²) in [7, 11) is 0. The lowest BCUT2D eigenvalue weighted by Crippen LogP contribution is -2.46. The normalized spacial score (nSPS) is 26.9. The molecule has 0 aromatic rings. The van der Waals surface area contributed by atoms with Crippen LogP contribution >= 0.6 is 0 Å². The minimum Gasteiger partial charge on any atom is -0.463 e. The molecule has 1 saturated heterocycles. The predicted octanol–water partition coefficient (Wildman–Crippen LogP) is 1.38. The van der Waals surface area contributed by atoms with Gasteiger partial charge in [-0.05, 0) is 6.92 Å². The molecule has 2 unspecified atom stereocenters. The lowest BCUT2D eigenvalue weighted by Gasteiger charge is -2.23. The Hall–Kier alpha value is -1.46. The van der Waals surface area contributed by atoms with Crippen LogP contribution in [0, 0.1) is 0 Å². The number of hydrogen-bond donors (Lipinski definition) is 0. The smallest absolute Gasteiger partial charge is 0.346 e. The Labute approximate surface area is 106 Å². The molecule has 0 amide bonds. The minimum absolute atomic E-state index is 0.0283. The van der Waals surface area contributed by atoms with Crippen molar-refractivity contribution in [2.45, 2.75) is 31.7 Å². The minimum atomic E-state index is -1.59. The van der Waals surface area contributed by atoms with E-state index in [4.69, 9.17) is 14.2 Å². The van der Waals surface area contributed by atoms with Gasteiger partial charge in [-0.15, -0.1) is 13.2 Å². The fourth-order valence-electron chi connectivity index (χ4n) is 1.77. The number of carbonyl (C=O) groups excluding carboxylic acids is 2. The van der Waals surface area contributed by atoms with Gasteiger partial charge in [0.15, 0.2) is 12.1 Å². The van der Waals surface area contributed by atoms with Crippen LogP contribution in [0.4, 0.5) is 0 Å². The topological polar surface area (TPSA) is 61.8 Å². The van der Waals surface area contributed by atoms with Gasteiger partial charge < -0.3 is 14.2 Å². The average molecular weight is 254 g/mol. The van der Waals surface area contributed by atoms with Crippen LogP contribution in [-0.2, 0) is 23.8 Å². The molecule has 1 fully saturated rings. The molecule has 0 radical (unpaired) electrons. The first-order valence-electron chi connectivity index (χ1n) is 5.82. The third-order valence-electron chi connectivity index (χ3n) is 2.57. The number of carbonyl (C=O) groups is 2. The summed E-state index contributed by atoms with van der Waals surface area (Å²) in [5.74, 6) is -1.02. The second kappa shape index (κ2) is 6.47. The van der Waals surface area contributed by atoms with Crippen LogP contribution in [0.25, 0.3) is 0 Å². The van der Waals surface area contributed by atoms with E-state index in [9.17, 15) is 9.59 Å². The van der Waals surface area contributed by atoms with Crippen LogP contribution in [0.1, 0.15) is 19.8 Å². The molecule has 0 N–H and O–H groups in total. The van der Waals surface area contributed by atoms with Crippen molar-refractivity contribution in [1.29, 1.82) is 0 Å². The van der Waals surface area contributed by atoms with Gasteiger partial charge in [-0.1, -0.05) is 12.2 Å². The highest BCUT2D eigenvalue weighted by molar-refractivity contribution is 6.08. The van der Waals surface area contributed by atoms with Crippen molar-refractivity contribution < 1.29 is 23.8 Å². The highest BCUT2D eigenvalue weighted by Gasteiger charge is 2.54. The van der Waals surface area contributed by atoms with Gasteiger partial charge in [0.25, 0.3) is 0 Å². The zero-order chi connectivity index (χ0) is 13.6. The summed E-state index contributed by atoms with van der Waals surface area (Å²) in [6.07, 6.45) is 2.38. The molecule has 18 heavy (non-hydrogen) atoms. The Morgan fingerprint density at radius 1 is 1.56 bits per heavy atom. The largest absolute Gasteiger partial charge is 0.463 e. The summed E-state index contributed by atoms with van der Waals surface area (Å²) in [4.78, 5) is 23.9. The molecule has 0 saturated carbocycles. The zero-order valence-corrected chi connectivity index (χ0v) is 10.5. The van der Waals surface area contributed by atoms with Crippen molar-refractivity contribution >= 4 is 11.8 Å². The van der Waals surface area contributed by atoms with Gasteiger partial charge in [-0.25, -0.2) is 4.79 Å². The number of Topliss-reactive ketones (excluding diaryl/α,β-unsaturated/α-hetero) is 1. The van der Waals surface area contributed by atoms with Crippen LogP contribution in [0.15, 0.2) is 25.3 Å². The Bertz CT molecular complexity index is 349. The molecular weight excluding hydrogens is 236 g/mol. The molecule has 0 bridgehead atoms. The van der Waals surface area contributed by atoms with Crippen molar-refractivity contribution in [2.75, 3.05) is 13.2 Å². The summed E-state index contributed by atoms with van der Waals surface area (Å²) in [6.45, 7) is 9.15. The summed E-state index contributed by atoms with van der Waals surface area (Å²) in [6, 6.07) is 0. The third kappa shape index (κ3) is 2.86. The maximum atomic E-state index is 12.0. The Balaban J connectivity index is 2.84. The molecular formula is C13H18O5. The third-order valence-corrected chi connectivity index (χ3v) is 2.57. The highest BCUT2D eigenvalue weighted by Crippen LogP contribution is 2.32. The Morgan fingerprint density at radius 3 is 2.83 bits per heavy atom. The second-order valence-corrected chi connectivity index (χ2v) is 3.84. The van der Waals surface area contributed by atoms with Crippen LogP contribution in [0.3, 0.4) is 0 Å². The van der Waals surface area contributed by atoms with Crippen LogP contribution in [-0.4, -0.2) is 36.9 Å². The zero-order valence-electron chi connectivity index (χ0n) is 10.5. The van der Waals surface area contributed by atoms with Gasteiger partial charge >= 0.3 is 5.97 Å². The standard InChI is InChI=1S/C13H18O5/c1-4-7-13(12(15)16-6-3)10(14)9-11(18-13)17-8-5-2/h4-5,11H,1-2,6-9H2,3H3. The van der Waals surface area contributed by atoms with E-state index in [0.717, 1.165) is 0 Å². The van der Waals surface area contributed by atoms with Crippen molar-refractivity contribution in [3.05, 3.63) is 25.3 Å². The number of esters is 1. The van der Waals surface area contributed by atoms with E-state index in [-0.39, 0.29) is 31.8 Å². The number of ketones is 1. The van der Waals surface area contributed by atoms with E-state index in [0.29, 0.717) is 0 Å². The molecule has 0 aromatic carbocycles. The highest BCUT2D eigenvalue weighted by atomic mass is 16.7. The maximum Gasteiger partial charge on any atom is 0.346 e. The SMILES string of the molecule is C=CCOC1CC(=O)C(CC=C)(C(=O)OCC)O1. The monoisotopic (exact) mass is 254 g/mol. The van der Waals surface area contributed by atoms with E-state index in [1.165, 1.54) is 6.08 Å². The summed E-state index contributed by atoms with van der Waals surface area (Å²) < 4.78 is 15.6. The van der Waals surface area contributed by atoms with Gasteiger partial charge in [0.1, 0.15) is 0 Å². The van der Waals surface area contributed by atoms with E-state index in [1.54, 1.807) is 13.0 Å². The number of rotatable bonds is 7. The molecule has 1 heterocycles. The van der Waals surface area contributed by atoms with Crippen molar-refractivity contribution in [3.8, 4) is 0 Å². The molecule has 0 spiro atoms. The van der Waals surface area contributed by atoms with Crippen LogP contribution in [0.2, 0.25) is 0 Å². The fourth-order valence-corrected chi connectivity index (χ4v) is 1.77. The molecule has 5 heteroatoms. The van der Waals surface area contributed by atoms with E-state index >= 15 is 0 Å². The molecule has 5 nitrogen and oxygen atoms in total. The molecule has 1 aliphatic rings. The molecule has 1 rings (SSSR count). The molecule has 100 valence electrons. The number of hydrogen-bond acceptors (Lipinski definition) is 5. The average Bonchev–Trinajstić information content (AvgIpc) is 2.65. The van der Waals surface area contributed by atoms with Crippen LogP contribution < -0.4 is 0 Å². The Morgan fingerprint density at radius 2 is 2.28 bits per heavy atom. The van der Waals surface area contributed by atoms with Gasteiger partial charge in [0.2, 0.25) is 5.60 Å². The summed E-state index contributed by atoms with van der Waals surface area (Å²) >= 11 is 0. The van der Waals surface area contributed by atoms with Crippen molar-refractivity contribution in [3.63, 3.8) is 0 Å². The lowest BCUT2D eigenvalue weighted by atomic mass is 9.94. The molecule has 0 aliphatic carbocycles. The van der Waals surface area contributed by atoms with Gasteiger partial charge in [-0.3, -0.25) is 4.79 Å². The predicted molar refractivity (Wildman–Crippen MR) is 64.8 cm³/mol.